The van der Waals surface area contributed by atoms with Crippen molar-refractivity contribution in [3.8, 4) is 0 Å². The summed E-state index contributed by atoms with van der Waals surface area (Å²) in [4.78, 5) is 17.9. The van der Waals surface area contributed by atoms with E-state index >= 15 is 0 Å². The number of hydrogen-bond acceptors (Lipinski definition) is 5. The number of ether oxygens (including phenoxy) is 1. The quantitative estimate of drug-likeness (QED) is 0.855. The van der Waals surface area contributed by atoms with Gasteiger partial charge in [-0.15, -0.1) is 11.3 Å². The third-order valence-electron chi connectivity index (χ3n) is 2.93. The van der Waals surface area contributed by atoms with Gasteiger partial charge in [0.1, 0.15) is 0 Å². The summed E-state index contributed by atoms with van der Waals surface area (Å²) in [5.41, 5.74) is 5.53. The molecular formula is C11H17N3O2S. The van der Waals surface area contributed by atoms with Gasteiger partial charge in [0.2, 0.25) is 0 Å². The lowest BCUT2D eigenvalue weighted by Crippen LogP contribution is -2.56. The van der Waals surface area contributed by atoms with E-state index in [2.05, 4.69) is 9.88 Å². The molecule has 1 atom stereocenters. The van der Waals surface area contributed by atoms with Crippen LogP contribution in [-0.4, -0.2) is 41.1 Å². The van der Waals surface area contributed by atoms with Crippen molar-refractivity contribution in [1.29, 1.82) is 0 Å². The van der Waals surface area contributed by atoms with E-state index < -0.39 is 11.5 Å². The summed E-state index contributed by atoms with van der Waals surface area (Å²) in [7, 11) is 0. The van der Waals surface area contributed by atoms with Gasteiger partial charge in [-0.3, -0.25) is 9.69 Å². The van der Waals surface area contributed by atoms with Crippen molar-refractivity contribution in [2.24, 2.45) is 5.73 Å². The SMILES string of the molecule is Cc1nc(CN2CCO[C@@](C)(C(N)=O)C2)cs1. The standard InChI is InChI=1S/C11H17N3O2S/c1-8-13-9(6-17-8)5-14-3-4-16-11(2,7-14)10(12)15/h6H,3-5,7H2,1-2H3,(H2,12,15)/t11-/m1/s1. The summed E-state index contributed by atoms with van der Waals surface area (Å²) in [6.45, 7) is 6.34. The molecule has 1 aromatic rings. The summed E-state index contributed by atoms with van der Waals surface area (Å²) in [6.07, 6.45) is 0. The zero-order valence-electron chi connectivity index (χ0n) is 10.1. The number of carbonyl (C=O) groups excluding carboxylic acids is 1. The molecular weight excluding hydrogens is 238 g/mol. The van der Waals surface area contributed by atoms with Crippen LogP contribution in [0.25, 0.3) is 0 Å². The highest BCUT2D eigenvalue weighted by molar-refractivity contribution is 7.09. The van der Waals surface area contributed by atoms with Crippen LogP contribution in [0.5, 0.6) is 0 Å². The topological polar surface area (TPSA) is 68.5 Å². The van der Waals surface area contributed by atoms with E-state index in [-0.39, 0.29) is 0 Å². The largest absolute Gasteiger partial charge is 0.367 e. The van der Waals surface area contributed by atoms with Crippen LogP contribution in [0, 0.1) is 6.92 Å². The number of aryl methyl sites for hydroxylation is 1. The lowest BCUT2D eigenvalue weighted by atomic mass is 10.0. The fourth-order valence-electron chi connectivity index (χ4n) is 1.95. The molecule has 0 bridgehead atoms. The van der Waals surface area contributed by atoms with Gasteiger partial charge in [0, 0.05) is 25.0 Å². The van der Waals surface area contributed by atoms with Gasteiger partial charge in [-0.05, 0) is 13.8 Å². The van der Waals surface area contributed by atoms with Gasteiger partial charge in [0.15, 0.2) is 5.60 Å². The van der Waals surface area contributed by atoms with Gasteiger partial charge in [-0.25, -0.2) is 4.98 Å². The van der Waals surface area contributed by atoms with E-state index in [9.17, 15) is 4.79 Å². The first-order chi connectivity index (χ1) is 7.99. The Labute approximate surface area is 105 Å². The molecule has 0 aliphatic carbocycles. The molecule has 6 heteroatoms. The molecule has 0 saturated carbocycles. The van der Waals surface area contributed by atoms with Crippen molar-refractivity contribution >= 4 is 17.2 Å². The number of primary amides is 1. The predicted molar refractivity (Wildman–Crippen MR) is 65.7 cm³/mol. The first kappa shape index (κ1) is 12.5. The Morgan fingerprint density at radius 1 is 1.76 bits per heavy atom. The van der Waals surface area contributed by atoms with E-state index in [4.69, 9.17) is 10.5 Å². The number of hydrogen-bond donors (Lipinski definition) is 1. The Kier molecular flexibility index (Phi) is 3.46. The van der Waals surface area contributed by atoms with Gasteiger partial charge in [0.25, 0.3) is 5.91 Å². The van der Waals surface area contributed by atoms with E-state index in [0.29, 0.717) is 13.2 Å². The van der Waals surface area contributed by atoms with Gasteiger partial charge in [-0.2, -0.15) is 0 Å². The molecule has 0 spiro atoms. The molecule has 0 aromatic carbocycles. The highest BCUT2D eigenvalue weighted by Crippen LogP contribution is 2.19. The molecule has 1 aromatic heterocycles. The Bertz CT molecular complexity index is 421. The lowest BCUT2D eigenvalue weighted by Gasteiger charge is -2.37. The Hall–Kier alpha value is -0.980. The average Bonchev–Trinajstić information content (AvgIpc) is 2.64. The summed E-state index contributed by atoms with van der Waals surface area (Å²) in [5, 5.41) is 3.11. The number of morpholine rings is 1. The van der Waals surface area contributed by atoms with Crippen LogP contribution in [0.1, 0.15) is 17.6 Å². The molecule has 0 radical (unpaired) electrons. The minimum Gasteiger partial charge on any atom is -0.367 e. The zero-order valence-corrected chi connectivity index (χ0v) is 10.9. The summed E-state index contributed by atoms with van der Waals surface area (Å²) in [6, 6.07) is 0. The van der Waals surface area contributed by atoms with Gasteiger partial charge in [-0.1, -0.05) is 0 Å². The second kappa shape index (κ2) is 4.72. The molecule has 1 aliphatic rings. The maximum atomic E-state index is 11.3. The molecule has 5 nitrogen and oxygen atoms in total. The molecule has 1 saturated heterocycles. The van der Waals surface area contributed by atoms with Crippen LogP contribution in [0.4, 0.5) is 0 Å². The molecule has 2 rings (SSSR count). The van der Waals surface area contributed by atoms with Crippen LogP contribution < -0.4 is 5.73 Å². The van der Waals surface area contributed by atoms with Crippen LogP contribution >= 0.6 is 11.3 Å². The maximum Gasteiger partial charge on any atom is 0.250 e. The third kappa shape index (κ3) is 2.83. The normalized spacial score (nSPS) is 26.0. The van der Waals surface area contributed by atoms with Crippen LogP contribution in [0.15, 0.2) is 5.38 Å². The molecule has 0 unspecified atom stereocenters. The minimum atomic E-state index is -0.872. The van der Waals surface area contributed by atoms with Crippen molar-refractivity contribution in [3.63, 3.8) is 0 Å². The smallest absolute Gasteiger partial charge is 0.250 e. The summed E-state index contributed by atoms with van der Waals surface area (Å²) < 4.78 is 5.47. The fourth-order valence-corrected chi connectivity index (χ4v) is 2.55. The number of nitrogens with zero attached hydrogens (tertiary/aromatic N) is 2. The number of carbonyl (C=O) groups is 1. The molecule has 17 heavy (non-hydrogen) atoms. The molecule has 1 amide bonds. The molecule has 94 valence electrons. The second-order valence-corrected chi connectivity index (χ2v) is 5.57. The maximum absolute atomic E-state index is 11.3. The highest BCUT2D eigenvalue weighted by atomic mass is 32.1. The third-order valence-corrected chi connectivity index (χ3v) is 3.75. The molecule has 1 aliphatic heterocycles. The molecule has 2 N–H and O–H groups in total. The Morgan fingerprint density at radius 3 is 3.12 bits per heavy atom. The lowest BCUT2D eigenvalue weighted by molar-refractivity contribution is -0.153. The van der Waals surface area contributed by atoms with Crippen LogP contribution in [-0.2, 0) is 16.1 Å². The summed E-state index contributed by atoms with van der Waals surface area (Å²) >= 11 is 1.64. The first-order valence-electron chi connectivity index (χ1n) is 5.57. The van der Waals surface area contributed by atoms with E-state index in [0.717, 1.165) is 23.8 Å². The van der Waals surface area contributed by atoms with Crippen molar-refractivity contribution in [2.45, 2.75) is 26.0 Å². The van der Waals surface area contributed by atoms with Crippen LogP contribution in [0.3, 0.4) is 0 Å². The number of amides is 1. The predicted octanol–water partition coefficient (Wildman–Crippen LogP) is 0.528. The minimum absolute atomic E-state index is 0.406. The van der Waals surface area contributed by atoms with Crippen molar-refractivity contribution in [1.82, 2.24) is 9.88 Å². The Morgan fingerprint density at radius 2 is 2.53 bits per heavy atom. The van der Waals surface area contributed by atoms with Crippen LogP contribution in [0.2, 0.25) is 0 Å². The average molecular weight is 255 g/mol. The van der Waals surface area contributed by atoms with E-state index in [1.807, 2.05) is 12.3 Å². The fraction of sp³-hybridized carbons (Fsp3) is 0.636. The summed E-state index contributed by atoms with van der Waals surface area (Å²) in [5.74, 6) is -0.406. The van der Waals surface area contributed by atoms with Gasteiger partial charge < -0.3 is 10.5 Å². The molecule has 2 heterocycles. The van der Waals surface area contributed by atoms with Crippen molar-refractivity contribution in [3.05, 3.63) is 16.1 Å². The monoisotopic (exact) mass is 255 g/mol. The zero-order chi connectivity index (χ0) is 12.5. The van der Waals surface area contributed by atoms with Crippen molar-refractivity contribution < 1.29 is 9.53 Å². The Balaban J connectivity index is 2.00. The highest BCUT2D eigenvalue weighted by Gasteiger charge is 2.37. The van der Waals surface area contributed by atoms with E-state index in [1.54, 1.807) is 18.3 Å². The number of nitrogens with two attached hydrogens (primary N) is 1. The van der Waals surface area contributed by atoms with Crippen molar-refractivity contribution in [2.75, 3.05) is 19.7 Å². The second-order valence-electron chi connectivity index (χ2n) is 4.51. The van der Waals surface area contributed by atoms with Gasteiger partial charge >= 0.3 is 0 Å². The number of rotatable bonds is 3. The number of aromatic nitrogens is 1. The van der Waals surface area contributed by atoms with Gasteiger partial charge in [0.05, 0.1) is 17.3 Å². The first-order valence-corrected chi connectivity index (χ1v) is 6.45. The van der Waals surface area contributed by atoms with E-state index in [1.165, 1.54) is 0 Å². The number of thiazole rings is 1. The molecule has 1 fully saturated rings.